The summed E-state index contributed by atoms with van der Waals surface area (Å²) in [6.45, 7) is 4.53. The van der Waals surface area contributed by atoms with E-state index in [0.717, 1.165) is 16.9 Å². The third-order valence-corrected chi connectivity index (χ3v) is 5.98. The molecule has 0 radical (unpaired) electrons. The van der Waals surface area contributed by atoms with Crippen LogP contribution in [0, 0.1) is 6.92 Å². The van der Waals surface area contributed by atoms with Crippen molar-refractivity contribution in [1.82, 2.24) is 4.31 Å². The topological polar surface area (TPSA) is 46.6 Å². The number of hydrogen-bond donors (Lipinski definition) is 0. The van der Waals surface area contributed by atoms with Crippen molar-refractivity contribution >= 4 is 10.0 Å². The number of hydrogen-bond acceptors (Lipinski definition) is 3. The Hall–Kier alpha value is -1.85. The lowest BCUT2D eigenvalue weighted by Crippen LogP contribution is -2.35. The first kappa shape index (κ1) is 15.1. The normalized spacial score (nSPS) is 19.1. The van der Waals surface area contributed by atoms with Crippen molar-refractivity contribution < 1.29 is 13.2 Å². The number of aryl methyl sites for hydroxylation is 1. The van der Waals surface area contributed by atoms with Gasteiger partial charge in [-0.15, -0.1) is 0 Å². The zero-order valence-corrected chi connectivity index (χ0v) is 13.5. The van der Waals surface area contributed by atoms with Gasteiger partial charge in [0.05, 0.1) is 10.9 Å². The average molecular weight is 317 g/mol. The predicted octanol–water partition coefficient (Wildman–Crippen LogP) is 3.14. The molecule has 1 atom stereocenters. The van der Waals surface area contributed by atoms with Crippen LogP contribution in [0.4, 0.5) is 0 Å². The van der Waals surface area contributed by atoms with Crippen molar-refractivity contribution in [1.29, 1.82) is 0 Å². The first-order valence-corrected chi connectivity index (χ1v) is 8.74. The Kier molecular flexibility index (Phi) is 3.93. The first-order valence-electron chi connectivity index (χ1n) is 7.30. The van der Waals surface area contributed by atoms with Gasteiger partial charge >= 0.3 is 0 Å². The van der Waals surface area contributed by atoms with Crippen LogP contribution in [0.15, 0.2) is 53.4 Å². The molecule has 116 valence electrons. The van der Waals surface area contributed by atoms with E-state index in [9.17, 15) is 8.42 Å². The largest absolute Gasteiger partial charge is 0.492 e. The van der Waals surface area contributed by atoms with Gasteiger partial charge in [-0.2, -0.15) is 4.31 Å². The maximum atomic E-state index is 12.9. The van der Waals surface area contributed by atoms with Crippen LogP contribution in [0.25, 0.3) is 0 Å². The van der Waals surface area contributed by atoms with Crippen LogP contribution in [0.3, 0.4) is 0 Å². The third kappa shape index (κ3) is 2.62. The smallest absolute Gasteiger partial charge is 0.243 e. The molecule has 0 bridgehead atoms. The fourth-order valence-corrected chi connectivity index (χ4v) is 4.32. The molecular formula is C17H19NO3S. The van der Waals surface area contributed by atoms with E-state index in [1.807, 2.05) is 50.2 Å². The van der Waals surface area contributed by atoms with E-state index in [2.05, 4.69) is 0 Å². The number of ether oxygens (including phenoxy) is 1. The van der Waals surface area contributed by atoms with Crippen LogP contribution < -0.4 is 4.74 Å². The summed E-state index contributed by atoms with van der Waals surface area (Å²) in [4.78, 5) is 0.323. The molecule has 1 aliphatic heterocycles. The average Bonchev–Trinajstić information content (AvgIpc) is 2.68. The summed E-state index contributed by atoms with van der Waals surface area (Å²) in [5.74, 6) is 0.761. The molecule has 2 aromatic carbocycles. The Bertz CT molecular complexity index is 769. The van der Waals surface area contributed by atoms with Gasteiger partial charge in [0.1, 0.15) is 12.4 Å². The third-order valence-electron chi connectivity index (χ3n) is 4.00. The lowest BCUT2D eigenvalue weighted by atomic mass is 10.1. The fraction of sp³-hybridized carbons (Fsp3) is 0.294. The molecule has 1 aliphatic rings. The van der Waals surface area contributed by atoms with Crippen molar-refractivity contribution in [3.63, 3.8) is 0 Å². The van der Waals surface area contributed by atoms with E-state index in [0.29, 0.717) is 18.0 Å². The van der Waals surface area contributed by atoms with Gasteiger partial charge in [0.2, 0.25) is 10.0 Å². The molecule has 0 fully saturated rings. The summed E-state index contributed by atoms with van der Waals surface area (Å²) in [6, 6.07) is 14.3. The second-order valence-corrected chi connectivity index (χ2v) is 7.38. The Morgan fingerprint density at radius 2 is 1.77 bits per heavy atom. The highest BCUT2D eigenvalue weighted by atomic mass is 32.2. The second kappa shape index (κ2) is 5.74. The van der Waals surface area contributed by atoms with Crippen molar-refractivity contribution in [3.8, 4) is 5.75 Å². The maximum absolute atomic E-state index is 12.9. The summed E-state index contributed by atoms with van der Waals surface area (Å²) in [5, 5.41) is 0. The van der Waals surface area contributed by atoms with Gasteiger partial charge in [0.15, 0.2) is 0 Å². The molecule has 4 nitrogen and oxygen atoms in total. The van der Waals surface area contributed by atoms with Crippen LogP contribution >= 0.6 is 0 Å². The van der Waals surface area contributed by atoms with Gasteiger partial charge in [-0.3, -0.25) is 0 Å². The van der Waals surface area contributed by atoms with Gasteiger partial charge in [0, 0.05) is 12.1 Å². The van der Waals surface area contributed by atoms with Gasteiger partial charge in [0.25, 0.3) is 0 Å². The molecule has 3 rings (SSSR count). The zero-order valence-electron chi connectivity index (χ0n) is 12.7. The van der Waals surface area contributed by atoms with E-state index in [-0.39, 0.29) is 6.04 Å². The minimum atomic E-state index is -3.54. The number of nitrogens with zero attached hydrogens (tertiary/aromatic N) is 1. The summed E-state index contributed by atoms with van der Waals surface area (Å²) in [6.07, 6.45) is 0. The Morgan fingerprint density at radius 3 is 2.50 bits per heavy atom. The predicted molar refractivity (Wildman–Crippen MR) is 85.4 cm³/mol. The summed E-state index contributed by atoms with van der Waals surface area (Å²) in [5.41, 5.74) is 1.94. The molecular weight excluding hydrogens is 298 g/mol. The minimum absolute atomic E-state index is 0.259. The maximum Gasteiger partial charge on any atom is 0.243 e. The molecule has 5 heteroatoms. The van der Waals surface area contributed by atoms with Crippen LogP contribution in [-0.4, -0.2) is 25.9 Å². The standard InChI is InChI=1S/C17H19NO3S/c1-13-7-9-15(10-8-13)22(19,20)18-11-12-21-17-6-4-3-5-16(17)14(18)2/h3-10,14H,11-12H2,1-2H3. The molecule has 0 aliphatic carbocycles. The van der Waals surface area contributed by atoms with Crippen molar-refractivity contribution in [2.75, 3.05) is 13.2 Å². The van der Waals surface area contributed by atoms with E-state index < -0.39 is 10.0 Å². The van der Waals surface area contributed by atoms with E-state index in [1.165, 1.54) is 4.31 Å². The summed E-state index contributed by atoms with van der Waals surface area (Å²) in [7, 11) is -3.54. The Morgan fingerprint density at radius 1 is 1.09 bits per heavy atom. The van der Waals surface area contributed by atoms with E-state index in [4.69, 9.17) is 4.74 Å². The van der Waals surface area contributed by atoms with Crippen molar-refractivity contribution in [2.24, 2.45) is 0 Å². The summed E-state index contributed by atoms with van der Waals surface area (Å²) >= 11 is 0. The summed E-state index contributed by atoms with van der Waals surface area (Å²) < 4.78 is 33.1. The van der Waals surface area contributed by atoms with Gasteiger partial charge < -0.3 is 4.74 Å². The van der Waals surface area contributed by atoms with Crippen LogP contribution in [0.2, 0.25) is 0 Å². The van der Waals surface area contributed by atoms with Gasteiger partial charge in [-0.05, 0) is 32.0 Å². The molecule has 22 heavy (non-hydrogen) atoms. The Labute approximate surface area is 131 Å². The van der Waals surface area contributed by atoms with Gasteiger partial charge in [-0.25, -0.2) is 8.42 Å². The molecule has 1 heterocycles. The molecule has 1 unspecified atom stereocenters. The monoisotopic (exact) mass is 317 g/mol. The van der Waals surface area contributed by atoms with Crippen molar-refractivity contribution in [3.05, 3.63) is 59.7 Å². The Balaban J connectivity index is 2.02. The van der Waals surface area contributed by atoms with Crippen molar-refractivity contribution in [2.45, 2.75) is 24.8 Å². The molecule has 0 saturated heterocycles. The molecule has 0 spiro atoms. The molecule has 0 N–H and O–H groups in total. The zero-order chi connectivity index (χ0) is 15.7. The minimum Gasteiger partial charge on any atom is -0.492 e. The lowest BCUT2D eigenvalue weighted by molar-refractivity contribution is 0.278. The van der Waals surface area contributed by atoms with Crippen LogP contribution in [0.1, 0.15) is 24.1 Å². The lowest BCUT2D eigenvalue weighted by Gasteiger charge is -2.26. The van der Waals surface area contributed by atoms with Crippen LogP contribution in [0.5, 0.6) is 5.75 Å². The van der Waals surface area contributed by atoms with Crippen LogP contribution in [-0.2, 0) is 10.0 Å². The number of para-hydroxylation sites is 1. The number of sulfonamides is 1. The molecule has 0 aromatic heterocycles. The molecule has 0 amide bonds. The SMILES string of the molecule is Cc1ccc(S(=O)(=O)N2CCOc3ccccc3C2C)cc1. The fourth-order valence-electron chi connectivity index (χ4n) is 2.73. The number of benzene rings is 2. The highest BCUT2D eigenvalue weighted by Gasteiger charge is 2.32. The molecule has 0 saturated carbocycles. The first-order chi connectivity index (χ1) is 10.5. The van der Waals surface area contributed by atoms with E-state index >= 15 is 0 Å². The quantitative estimate of drug-likeness (QED) is 0.855. The highest BCUT2D eigenvalue weighted by molar-refractivity contribution is 7.89. The second-order valence-electron chi connectivity index (χ2n) is 5.49. The van der Waals surface area contributed by atoms with Gasteiger partial charge in [-0.1, -0.05) is 35.9 Å². The van der Waals surface area contributed by atoms with E-state index in [1.54, 1.807) is 12.1 Å². The highest BCUT2D eigenvalue weighted by Crippen LogP contribution is 2.34. The number of fused-ring (bicyclic) bond motifs is 1. The number of rotatable bonds is 2. The molecule has 2 aromatic rings.